The fourth-order valence-corrected chi connectivity index (χ4v) is 2.24. The van der Waals surface area contributed by atoms with Crippen molar-refractivity contribution < 1.29 is 33.3 Å². The molecule has 9 nitrogen and oxygen atoms in total. The maximum absolute atomic E-state index is 11.7. The van der Waals surface area contributed by atoms with Gasteiger partial charge in [0.05, 0.1) is 0 Å². The number of unbranched alkanes of at least 4 members (excludes halogenated alkanes) is 3. The first-order valence-corrected chi connectivity index (χ1v) is 7.93. The SMILES string of the molecule is C=C1OCC(C(=O)NCCCCCCNC(=O)C2COC(=O)O2)O1. The Morgan fingerprint density at radius 2 is 1.46 bits per heavy atom. The van der Waals surface area contributed by atoms with E-state index in [0.29, 0.717) is 13.1 Å². The van der Waals surface area contributed by atoms with Gasteiger partial charge in [0.2, 0.25) is 12.2 Å². The Kier molecular flexibility index (Phi) is 6.71. The van der Waals surface area contributed by atoms with Crippen LogP contribution in [0.2, 0.25) is 0 Å². The third-order valence-electron chi connectivity index (χ3n) is 3.55. The van der Waals surface area contributed by atoms with Gasteiger partial charge in [0.15, 0.2) is 0 Å². The minimum atomic E-state index is -0.842. The third kappa shape index (κ3) is 5.64. The fourth-order valence-electron chi connectivity index (χ4n) is 2.24. The summed E-state index contributed by atoms with van der Waals surface area (Å²) in [4.78, 5) is 34.0. The molecule has 0 bridgehead atoms. The van der Waals surface area contributed by atoms with Crippen LogP contribution in [0.25, 0.3) is 0 Å². The zero-order valence-electron chi connectivity index (χ0n) is 13.4. The van der Waals surface area contributed by atoms with Crippen LogP contribution in [0.5, 0.6) is 0 Å². The first kappa shape index (κ1) is 17.9. The van der Waals surface area contributed by atoms with Gasteiger partial charge >= 0.3 is 6.16 Å². The zero-order valence-corrected chi connectivity index (χ0v) is 13.4. The quantitative estimate of drug-likeness (QED) is 0.455. The van der Waals surface area contributed by atoms with Crippen LogP contribution in [0.3, 0.4) is 0 Å². The van der Waals surface area contributed by atoms with Crippen molar-refractivity contribution in [2.24, 2.45) is 0 Å². The van der Waals surface area contributed by atoms with E-state index in [0.717, 1.165) is 25.7 Å². The van der Waals surface area contributed by atoms with Crippen LogP contribution in [-0.2, 0) is 28.5 Å². The number of nitrogens with one attached hydrogen (secondary N) is 2. The molecule has 2 rings (SSSR count). The van der Waals surface area contributed by atoms with Crippen molar-refractivity contribution >= 4 is 18.0 Å². The van der Waals surface area contributed by atoms with E-state index < -0.39 is 18.4 Å². The van der Waals surface area contributed by atoms with E-state index in [1.807, 2.05) is 0 Å². The Bertz CT molecular complexity index is 450. The molecular formula is C15H22N2O7. The van der Waals surface area contributed by atoms with E-state index in [9.17, 15) is 14.4 Å². The van der Waals surface area contributed by atoms with Gasteiger partial charge in [0.1, 0.15) is 13.2 Å². The van der Waals surface area contributed by atoms with Gasteiger partial charge < -0.3 is 29.6 Å². The van der Waals surface area contributed by atoms with E-state index in [-0.39, 0.29) is 31.0 Å². The highest BCUT2D eigenvalue weighted by atomic mass is 16.8. The monoisotopic (exact) mass is 342 g/mol. The summed E-state index contributed by atoms with van der Waals surface area (Å²) in [6.45, 7) is 4.72. The van der Waals surface area contributed by atoms with E-state index in [1.54, 1.807) is 0 Å². The number of carbonyl (C=O) groups excluding carboxylic acids is 3. The highest BCUT2D eigenvalue weighted by Crippen LogP contribution is 2.12. The molecule has 24 heavy (non-hydrogen) atoms. The maximum atomic E-state index is 11.7. The van der Waals surface area contributed by atoms with Crippen molar-refractivity contribution in [3.05, 3.63) is 12.5 Å². The molecule has 0 aromatic carbocycles. The molecule has 2 aliphatic heterocycles. The second-order valence-electron chi connectivity index (χ2n) is 5.45. The Hall–Kier alpha value is -2.45. The summed E-state index contributed by atoms with van der Waals surface area (Å²) in [6.07, 6.45) is 1.22. The van der Waals surface area contributed by atoms with Gasteiger partial charge in [-0.3, -0.25) is 9.59 Å². The van der Waals surface area contributed by atoms with Crippen molar-refractivity contribution in [2.45, 2.75) is 37.9 Å². The summed E-state index contributed by atoms with van der Waals surface area (Å²) in [7, 11) is 0. The van der Waals surface area contributed by atoms with Crippen LogP contribution in [-0.4, -0.2) is 56.5 Å². The standard InChI is InChI=1S/C15H22N2O7/c1-10-21-8-11(23-10)13(18)16-6-4-2-3-5-7-17-14(19)12-9-22-15(20)24-12/h11-12H,1-9H2,(H,16,18)(H,17,19). The van der Waals surface area contributed by atoms with Crippen LogP contribution in [0.4, 0.5) is 4.79 Å². The van der Waals surface area contributed by atoms with Gasteiger partial charge in [-0.25, -0.2) is 4.79 Å². The van der Waals surface area contributed by atoms with Gasteiger partial charge in [-0.05, 0) is 19.4 Å². The van der Waals surface area contributed by atoms with E-state index in [1.165, 1.54) is 0 Å². The summed E-state index contributed by atoms with van der Waals surface area (Å²) in [5.74, 6) is -0.362. The van der Waals surface area contributed by atoms with Crippen LogP contribution in [0, 0.1) is 0 Å². The molecule has 2 amide bonds. The van der Waals surface area contributed by atoms with Crippen molar-refractivity contribution in [3.63, 3.8) is 0 Å². The molecule has 2 N–H and O–H groups in total. The number of cyclic esters (lactones) is 2. The fraction of sp³-hybridized carbons (Fsp3) is 0.667. The summed E-state index contributed by atoms with van der Waals surface area (Å²) in [5.41, 5.74) is 0. The Labute approximate surface area is 139 Å². The van der Waals surface area contributed by atoms with Crippen LogP contribution >= 0.6 is 0 Å². The van der Waals surface area contributed by atoms with Crippen LogP contribution < -0.4 is 10.6 Å². The first-order valence-electron chi connectivity index (χ1n) is 7.93. The van der Waals surface area contributed by atoms with E-state index in [4.69, 9.17) is 9.47 Å². The number of hydrogen-bond donors (Lipinski definition) is 2. The molecule has 134 valence electrons. The largest absolute Gasteiger partial charge is 0.509 e. The highest BCUT2D eigenvalue weighted by Gasteiger charge is 2.31. The normalized spacial score (nSPS) is 22.2. The number of ether oxygens (including phenoxy) is 4. The van der Waals surface area contributed by atoms with E-state index >= 15 is 0 Å². The summed E-state index contributed by atoms with van der Waals surface area (Å²) in [5, 5.41) is 5.47. The van der Waals surface area contributed by atoms with Crippen molar-refractivity contribution in [2.75, 3.05) is 26.3 Å². The average Bonchev–Trinajstić information content (AvgIpc) is 3.18. The molecule has 0 aliphatic carbocycles. The number of carbonyl (C=O) groups is 3. The predicted octanol–water partition coefficient (Wildman–Crippen LogP) is 0.201. The lowest BCUT2D eigenvalue weighted by Gasteiger charge is -2.09. The molecule has 0 saturated carbocycles. The molecule has 0 spiro atoms. The first-order chi connectivity index (χ1) is 11.6. The lowest BCUT2D eigenvalue weighted by molar-refractivity contribution is -0.128. The zero-order chi connectivity index (χ0) is 17.4. The summed E-state index contributed by atoms with van der Waals surface area (Å²) in [6, 6.07) is 0. The molecule has 2 heterocycles. The molecular weight excluding hydrogens is 320 g/mol. The Morgan fingerprint density at radius 1 is 0.917 bits per heavy atom. The molecule has 2 aliphatic rings. The van der Waals surface area contributed by atoms with Crippen molar-refractivity contribution in [1.82, 2.24) is 10.6 Å². The number of amides is 2. The van der Waals surface area contributed by atoms with Gasteiger partial charge in [-0.1, -0.05) is 12.8 Å². The molecule has 2 unspecified atom stereocenters. The minimum Gasteiger partial charge on any atom is -0.461 e. The molecule has 0 radical (unpaired) electrons. The third-order valence-corrected chi connectivity index (χ3v) is 3.55. The van der Waals surface area contributed by atoms with Crippen molar-refractivity contribution in [3.8, 4) is 0 Å². The molecule has 0 aromatic heterocycles. The molecule has 2 fully saturated rings. The van der Waals surface area contributed by atoms with E-state index in [2.05, 4.69) is 26.7 Å². The Balaban J connectivity index is 1.41. The van der Waals surface area contributed by atoms with Crippen LogP contribution in [0.15, 0.2) is 12.5 Å². The second kappa shape index (κ2) is 8.99. The maximum Gasteiger partial charge on any atom is 0.509 e. The lowest BCUT2D eigenvalue weighted by Crippen LogP contribution is -2.36. The van der Waals surface area contributed by atoms with Crippen LogP contribution in [0.1, 0.15) is 25.7 Å². The number of hydrogen-bond acceptors (Lipinski definition) is 7. The minimum absolute atomic E-state index is 0.0343. The second-order valence-corrected chi connectivity index (χ2v) is 5.45. The topological polar surface area (TPSA) is 112 Å². The summed E-state index contributed by atoms with van der Waals surface area (Å²) < 4.78 is 19.3. The van der Waals surface area contributed by atoms with Gasteiger partial charge in [0.25, 0.3) is 17.8 Å². The molecule has 0 aromatic rings. The predicted molar refractivity (Wildman–Crippen MR) is 80.7 cm³/mol. The average molecular weight is 342 g/mol. The molecule has 9 heteroatoms. The van der Waals surface area contributed by atoms with Gasteiger partial charge in [0, 0.05) is 13.1 Å². The van der Waals surface area contributed by atoms with Gasteiger partial charge in [-0.2, -0.15) is 0 Å². The molecule has 2 saturated heterocycles. The number of rotatable bonds is 9. The Morgan fingerprint density at radius 3 is 1.92 bits per heavy atom. The highest BCUT2D eigenvalue weighted by molar-refractivity contribution is 5.84. The van der Waals surface area contributed by atoms with Crippen molar-refractivity contribution in [1.29, 1.82) is 0 Å². The lowest BCUT2D eigenvalue weighted by atomic mass is 10.2. The molecule has 2 atom stereocenters. The van der Waals surface area contributed by atoms with Gasteiger partial charge in [-0.15, -0.1) is 0 Å². The smallest absolute Gasteiger partial charge is 0.461 e. The summed E-state index contributed by atoms with van der Waals surface area (Å²) >= 11 is 0.